The summed E-state index contributed by atoms with van der Waals surface area (Å²) in [5.41, 5.74) is 2.05. The Labute approximate surface area is 203 Å². The number of ether oxygens (including phenoxy) is 1. The smallest absolute Gasteiger partial charge is 0.408 e. The highest BCUT2D eigenvalue weighted by atomic mass is 16.6. The first kappa shape index (κ1) is 27.0. The summed E-state index contributed by atoms with van der Waals surface area (Å²) in [6.07, 6.45) is 8.70. The van der Waals surface area contributed by atoms with Crippen molar-refractivity contribution in [2.45, 2.75) is 66.2 Å². The molecule has 2 aromatic rings. The van der Waals surface area contributed by atoms with Crippen LogP contribution in [0.3, 0.4) is 0 Å². The fourth-order valence-corrected chi connectivity index (χ4v) is 3.59. The molecule has 0 saturated heterocycles. The quantitative estimate of drug-likeness (QED) is 0.412. The van der Waals surface area contributed by atoms with Crippen molar-refractivity contribution in [3.05, 3.63) is 72.5 Å². The molecule has 6 heteroatoms. The first-order chi connectivity index (χ1) is 16.0. The van der Waals surface area contributed by atoms with Crippen LogP contribution in [0.1, 0.15) is 53.5 Å². The zero-order chi connectivity index (χ0) is 25.3. The predicted octanol–water partition coefficient (Wildman–Crippen LogP) is 6.39. The Morgan fingerprint density at radius 2 is 1.97 bits per heavy atom. The van der Waals surface area contributed by atoms with Crippen molar-refractivity contribution in [1.29, 1.82) is 0 Å². The number of alkyl carbamates (subject to hydrolysis) is 1. The van der Waals surface area contributed by atoms with Crippen LogP contribution in [0.15, 0.2) is 71.4 Å². The van der Waals surface area contributed by atoms with Crippen molar-refractivity contribution in [3.63, 3.8) is 0 Å². The number of allylic oxidation sites excluding steroid dienone is 4. The monoisotopic (exact) mass is 466 g/mol. The van der Waals surface area contributed by atoms with Crippen molar-refractivity contribution in [1.82, 2.24) is 10.2 Å². The molecule has 184 valence electrons. The summed E-state index contributed by atoms with van der Waals surface area (Å²) in [6.45, 7) is 16.1. The third-order valence-electron chi connectivity index (χ3n) is 5.03. The Kier molecular flexibility index (Phi) is 9.72. The lowest BCUT2D eigenvalue weighted by Crippen LogP contribution is -2.50. The van der Waals surface area contributed by atoms with E-state index in [2.05, 4.69) is 25.7 Å². The number of amides is 2. The van der Waals surface area contributed by atoms with Crippen LogP contribution in [0.4, 0.5) is 4.79 Å². The van der Waals surface area contributed by atoms with Crippen LogP contribution in [-0.4, -0.2) is 35.1 Å². The average Bonchev–Trinajstić information content (AvgIpc) is 3.21. The molecular formula is C28H38N2O4. The van der Waals surface area contributed by atoms with Crippen LogP contribution in [-0.2, 0) is 16.1 Å². The lowest BCUT2D eigenvalue weighted by Gasteiger charge is -2.30. The van der Waals surface area contributed by atoms with Gasteiger partial charge in [0, 0.05) is 24.9 Å². The minimum atomic E-state index is -0.771. The molecule has 0 bridgehead atoms. The zero-order valence-electron chi connectivity index (χ0n) is 21.3. The average molecular weight is 467 g/mol. The normalized spacial score (nSPS) is 13.3. The molecule has 2 amide bonds. The Morgan fingerprint density at radius 3 is 2.59 bits per heavy atom. The topological polar surface area (TPSA) is 71.8 Å². The van der Waals surface area contributed by atoms with E-state index in [0.717, 1.165) is 22.1 Å². The van der Waals surface area contributed by atoms with Gasteiger partial charge < -0.3 is 19.4 Å². The van der Waals surface area contributed by atoms with Gasteiger partial charge in [0.1, 0.15) is 17.2 Å². The van der Waals surface area contributed by atoms with E-state index in [9.17, 15) is 9.59 Å². The fraction of sp³-hybridized carbons (Fsp3) is 0.429. The molecule has 0 aliphatic heterocycles. The number of rotatable bonds is 10. The van der Waals surface area contributed by atoms with Crippen LogP contribution in [0.25, 0.3) is 11.0 Å². The molecule has 1 aromatic heterocycles. The number of fused-ring (bicyclic) bond motifs is 1. The molecule has 0 radical (unpaired) electrons. The van der Waals surface area contributed by atoms with Crippen LogP contribution in [0.2, 0.25) is 0 Å². The standard InChI is InChI=1S/C28H38N2O4/c1-8-10-11-21(9-2)17-24(29-27(32)34-28(5,6)7)26(31)30(18-20(3)4)19-22-12-13-25-23(16-22)14-15-33-25/h8-16,20,24H,1,17-19H2,2-7H3,(H,29,32)/b11-10-,21-9+/t24-/m0/s1. The van der Waals surface area contributed by atoms with Gasteiger partial charge in [-0.05, 0) is 62.9 Å². The van der Waals surface area contributed by atoms with Gasteiger partial charge >= 0.3 is 6.09 Å². The lowest BCUT2D eigenvalue weighted by atomic mass is 10.0. The maximum atomic E-state index is 13.8. The molecule has 0 spiro atoms. The Hall–Kier alpha value is -3.28. The molecule has 0 unspecified atom stereocenters. The lowest BCUT2D eigenvalue weighted by molar-refractivity contribution is -0.134. The second-order valence-electron chi connectivity index (χ2n) is 9.77. The van der Waals surface area contributed by atoms with Gasteiger partial charge in [-0.1, -0.05) is 50.8 Å². The largest absolute Gasteiger partial charge is 0.464 e. The summed E-state index contributed by atoms with van der Waals surface area (Å²) in [6, 6.07) is 7.04. The van der Waals surface area contributed by atoms with Crippen LogP contribution in [0.5, 0.6) is 0 Å². The Morgan fingerprint density at radius 1 is 1.24 bits per heavy atom. The number of carbonyl (C=O) groups is 2. The van der Waals surface area contributed by atoms with Crippen LogP contribution >= 0.6 is 0 Å². The Bertz CT molecular complexity index is 1040. The summed E-state index contributed by atoms with van der Waals surface area (Å²) in [5, 5.41) is 3.80. The summed E-state index contributed by atoms with van der Waals surface area (Å²) >= 11 is 0. The van der Waals surface area contributed by atoms with Gasteiger partial charge in [-0.2, -0.15) is 0 Å². The SMILES string of the molecule is C=C/C=C\C(=C/C)C[C@H](NC(=O)OC(C)(C)C)C(=O)N(Cc1ccc2occc2c1)CC(C)C. The molecule has 6 nitrogen and oxygen atoms in total. The summed E-state index contributed by atoms with van der Waals surface area (Å²) in [7, 11) is 0. The highest BCUT2D eigenvalue weighted by Crippen LogP contribution is 2.20. The molecular weight excluding hydrogens is 428 g/mol. The molecule has 1 aromatic carbocycles. The van der Waals surface area contributed by atoms with E-state index in [1.165, 1.54) is 0 Å². The minimum absolute atomic E-state index is 0.154. The van der Waals surface area contributed by atoms with Crippen molar-refractivity contribution in [2.24, 2.45) is 5.92 Å². The van der Waals surface area contributed by atoms with Crippen molar-refractivity contribution in [2.75, 3.05) is 6.54 Å². The molecule has 1 heterocycles. The van der Waals surface area contributed by atoms with Gasteiger partial charge in [0.2, 0.25) is 5.91 Å². The van der Waals surface area contributed by atoms with Crippen molar-refractivity contribution >= 4 is 23.0 Å². The highest BCUT2D eigenvalue weighted by molar-refractivity contribution is 5.86. The molecule has 0 saturated carbocycles. The molecule has 0 fully saturated rings. The van der Waals surface area contributed by atoms with Gasteiger partial charge in [0.25, 0.3) is 0 Å². The first-order valence-electron chi connectivity index (χ1n) is 11.7. The van der Waals surface area contributed by atoms with E-state index < -0.39 is 17.7 Å². The van der Waals surface area contributed by atoms with E-state index in [-0.39, 0.29) is 11.8 Å². The number of carbonyl (C=O) groups excluding carboxylic acids is 2. The molecule has 1 N–H and O–H groups in total. The maximum Gasteiger partial charge on any atom is 0.408 e. The minimum Gasteiger partial charge on any atom is -0.464 e. The second-order valence-corrected chi connectivity index (χ2v) is 9.77. The van der Waals surface area contributed by atoms with Gasteiger partial charge in [-0.15, -0.1) is 0 Å². The van der Waals surface area contributed by atoms with Crippen LogP contribution < -0.4 is 5.32 Å². The van der Waals surface area contributed by atoms with Gasteiger partial charge in [0.15, 0.2) is 0 Å². The second kappa shape index (κ2) is 12.3. The van der Waals surface area contributed by atoms with Crippen molar-refractivity contribution in [3.8, 4) is 0 Å². The number of furan rings is 1. The predicted molar refractivity (Wildman–Crippen MR) is 137 cm³/mol. The van der Waals surface area contributed by atoms with Gasteiger partial charge in [-0.25, -0.2) is 4.79 Å². The van der Waals surface area contributed by atoms with Crippen molar-refractivity contribution < 1.29 is 18.7 Å². The molecule has 2 rings (SSSR count). The van der Waals surface area contributed by atoms with E-state index in [1.54, 1.807) is 38.0 Å². The molecule has 0 aliphatic carbocycles. The van der Waals surface area contributed by atoms with E-state index in [1.807, 2.05) is 49.4 Å². The molecule has 1 atom stereocenters. The van der Waals surface area contributed by atoms with Gasteiger partial charge in [-0.3, -0.25) is 4.79 Å². The summed E-state index contributed by atoms with van der Waals surface area (Å²) in [4.78, 5) is 28.2. The number of benzene rings is 1. The first-order valence-corrected chi connectivity index (χ1v) is 11.7. The number of nitrogens with zero attached hydrogens (tertiary/aromatic N) is 1. The van der Waals surface area contributed by atoms with Gasteiger partial charge in [0.05, 0.1) is 6.26 Å². The third kappa shape index (κ3) is 8.58. The maximum absolute atomic E-state index is 13.8. The summed E-state index contributed by atoms with van der Waals surface area (Å²) < 4.78 is 10.9. The molecule has 34 heavy (non-hydrogen) atoms. The highest BCUT2D eigenvalue weighted by Gasteiger charge is 2.29. The number of hydrogen-bond donors (Lipinski definition) is 1. The Balaban J connectivity index is 2.32. The third-order valence-corrected chi connectivity index (χ3v) is 5.03. The number of hydrogen-bond acceptors (Lipinski definition) is 4. The fourth-order valence-electron chi connectivity index (χ4n) is 3.59. The van der Waals surface area contributed by atoms with Crippen LogP contribution in [0, 0.1) is 5.92 Å². The zero-order valence-corrected chi connectivity index (χ0v) is 21.3. The van der Waals surface area contributed by atoms with E-state index in [4.69, 9.17) is 9.15 Å². The van der Waals surface area contributed by atoms with E-state index in [0.29, 0.717) is 19.5 Å². The van der Waals surface area contributed by atoms with E-state index >= 15 is 0 Å². The number of nitrogens with one attached hydrogen (secondary N) is 1. The molecule has 0 aliphatic rings. The summed E-state index contributed by atoms with van der Waals surface area (Å²) in [5.74, 6) is 0.101.